The van der Waals surface area contributed by atoms with Gasteiger partial charge in [-0.15, -0.1) is 0 Å². The smallest absolute Gasteiger partial charge is 0.353 e. The lowest BCUT2D eigenvalue weighted by Gasteiger charge is -2.27. The Morgan fingerprint density at radius 1 is 1.48 bits per heavy atom. The first-order valence-electron chi connectivity index (χ1n) is 6.94. The highest BCUT2D eigenvalue weighted by molar-refractivity contribution is 5.71. The average Bonchev–Trinajstić information content (AvgIpc) is 2.47. The second kappa shape index (κ2) is 6.53. The zero-order chi connectivity index (χ0) is 15.4. The van der Waals surface area contributed by atoms with Gasteiger partial charge in [-0.05, 0) is 13.3 Å². The molecule has 1 aromatic heterocycles. The van der Waals surface area contributed by atoms with Gasteiger partial charge < -0.3 is 20.7 Å². The second-order valence-corrected chi connectivity index (χ2v) is 4.91. The summed E-state index contributed by atoms with van der Waals surface area (Å²) < 4.78 is 5.26. The Hall–Kier alpha value is -2.16. The zero-order valence-electron chi connectivity index (χ0n) is 12.2. The van der Waals surface area contributed by atoms with Gasteiger partial charge in [0.2, 0.25) is 17.6 Å². The molecule has 2 rings (SSSR count). The van der Waals surface area contributed by atoms with Crippen molar-refractivity contribution in [3.05, 3.63) is 10.1 Å². The molecule has 0 bridgehead atoms. The summed E-state index contributed by atoms with van der Waals surface area (Å²) in [5.74, 6) is 0.442. The van der Waals surface area contributed by atoms with Crippen LogP contribution < -0.4 is 16.0 Å². The molecule has 9 nitrogen and oxygen atoms in total. The molecule has 0 aromatic carbocycles. The highest BCUT2D eigenvalue weighted by atomic mass is 16.6. The van der Waals surface area contributed by atoms with E-state index in [1.165, 1.54) is 0 Å². The maximum absolute atomic E-state index is 11.2. The average molecular weight is 296 g/mol. The minimum Gasteiger partial charge on any atom is -0.378 e. The minimum absolute atomic E-state index is 0.123. The lowest BCUT2D eigenvalue weighted by molar-refractivity contribution is -0.383. The minimum atomic E-state index is -0.535. The first-order chi connectivity index (χ1) is 10.0. The SMILES string of the molecule is CCC(C)Nc1nc(N)c([N+](=O)[O-])c(N2CCOCC2)n1. The molecule has 1 aliphatic rings. The number of nitrogens with two attached hydrogens (primary N) is 1. The number of aromatic nitrogens is 2. The highest BCUT2D eigenvalue weighted by Crippen LogP contribution is 2.32. The van der Waals surface area contributed by atoms with Crippen molar-refractivity contribution in [1.29, 1.82) is 0 Å². The van der Waals surface area contributed by atoms with Crippen molar-refractivity contribution in [2.45, 2.75) is 26.3 Å². The number of anilines is 3. The van der Waals surface area contributed by atoms with Crippen LogP contribution in [0.5, 0.6) is 0 Å². The Morgan fingerprint density at radius 3 is 2.71 bits per heavy atom. The van der Waals surface area contributed by atoms with Crippen LogP contribution in [0, 0.1) is 10.1 Å². The molecule has 3 N–H and O–H groups in total. The Labute approximate surface area is 122 Å². The van der Waals surface area contributed by atoms with Crippen LogP contribution in [0.3, 0.4) is 0 Å². The number of nitrogen functional groups attached to an aromatic ring is 1. The third-order valence-electron chi connectivity index (χ3n) is 3.37. The number of rotatable bonds is 5. The predicted molar refractivity (Wildman–Crippen MR) is 79.5 cm³/mol. The molecule has 2 heterocycles. The summed E-state index contributed by atoms with van der Waals surface area (Å²) in [5, 5.41) is 14.3. The first kappa shape index (κ1) is 15.2. The van der Waals surface area contributed by atoms with Crippen LogP contribution in [0.4, 0.5) is 23.3 Å². The van der Waals surface area contributed by atoms with E-state index in [0.717, 1.165) is 6.42 Å². The van der Waals surface area contributed by atoms with E-state index in [9.17, 15) is 10.1 Å². The topological polar surface area (TPSA) is 119 Å². The molecule has 1 atom stereocenters. The van der Waals surface area contributed by atoms with Crippen LogP contribution in [-0.2, 0) is 4.74 Å². The number of hydrogen-bond donors (Lipinski definition) is 2. The van der Waals surface area contributed by atoms with Crippen molar-refractivity contribution in [2.75, 3.05) is 42.3 Å². The molecule has 0 aliphatic carbocycles. The molecule has 0 spiro atoms. The summed E-state index contributed by atoms with van der Waals surface area (Å²) >= 11 is 0. The fourth-order valence-electron chi connectivity index (χ4n) is 2.02. The van der Waals surface area contributed by atoms with Crippen LogP contribution in [0.15, 0.2) is 0 Å². The second-order valence-electron chi connectivity index (χ2n) is 4.91. The molecule has 1 fully saturated rings. The number of hydrogen-bond acceptors (Lipinski definition) is 8. The van der Waals surface area contributed by atoms with Crippen molar-refractivity contribution in [2.24, 2.45) is 0 Å². The van der Waals surface area contributed by atoms with E-state index in [1.807, 2.05) is 18.7 Å². The molecule has 1 unspecified atom stereocenters. The van der Waals surface area contributed by atoms with Crippen molar-refractivity contribution in [1.82, 2.24) is 9.97 Å². The molecule has 1 saturated heterocycles. The molecular weight excluding hydrogens is 276 g/mol. The molecule has 9 heteroatoms. The molecule has 116 valence electrons. The van der Waals surface area contributed by atoms with Crippen LogP contribution in [0.2, 0.25) is 0 Å². The zero-order valence-corrected chi connectivity index (χ0v) is 12.2. The molecular formula is C12H20N6O3. The maximum Gasteiger partial charge on any atom is 0.353 e. The van der Waals surface area contributed by atoms with Crippen molar-refractivity contribution in [3.63, 3.8) is 0 Å². The summed E-state index contributed by atoms with van der Waals surface area (Å²) in [6.45, 7) is 6.11. The number of ether oxygens (including phenoxy) is 1. The fourth-order valence-corrected chi connectivity index (χ4v) is 2.02. The van der Waals surface area contributed by atoms with Gasteiger partial charge in [-0.1, -0.05) is 6.92 Å². The van der Waals surface area contributed by atoms with Crippen molar-refractivity contribution >= 4 is 23.3 Å². The standard InChI is InChI=1S/C12H20N6O3/c1-3-8(2)14-12-15-10(13)9(18(19)20)11(16-12)17-4-6-21-7-5-17/h8H,3-7H2,1-2H3,(H3,13,14,15,16). The van der Waals surface area contributed by atoms with Gasteiger partial charge >= 0.3 is 5.69 Å². The van der Waals surface area contributed by atoms with Gasteiger partial charge in [0.05, 0.1) is 18.1 Å². The lowest BCUT2D eigenvalue weighted by Crippen LogP contribution is -2.37. The van der Waals surface area contributed by atoms with Gasteiger partial charge in [0.25, 0.3) is 0 Å². The first-order valence-corrected chi connectivity index (χ1v) is 6.94. The Balaban J connectivity index is 2.39. The summed E-state index contributed by atoms with van der Waals surface area (Å²) in [6.07, 6.45) is 0.882. The third-order valence-corrected chi connectivity index (χ3v) is 3.37. The van der Waals surface area contributed by atoms with E-state index in [0.29, 0.717) is 32.3 Å². The van der Waals surface area contributed by atoms with E-state index in [4.69, 9.17) is 10.5 Å². The third kappa shape index (κ3) is 3.48. The lowest BCUT2D eigenvalue weighted by atomic mass is 10.3. The largest absolute Gasteiger partial charge is 0.378 e. The summed E-state index contributed by atoms with van der Waals surface area (Å²) in [4.78, 5) is 20.8. The molecule has 0 radical (unpaired) electrons. The molecule has 1 aromatic rings. The predicted octanol–water partition coefficient (Wildman–Crippen LogP) is 1.01. The monoisotopic (exact) mass is 296 g/mol. The molecule has 0 amide bonds. The number of nitrogens with one attached hydrogen (secondary N) is 1. The van der Waals surface area contributed by atoms with Crippen molar-refractivity contribution in [3.8, 4) is 0 Å². The molecule has 21 heavy (non-hydrogen) atoms. The fraction of sp³-hybridized carbons (Fsp3) is 0.667. The normalized spacial score (nSPS) is 16.6. The quantitative estimate of drug-likeness (QED) is 0.610. The van der Waals surface area contributed by atoms with Crippen LogP contribution >= 0.6 is 0 Å². The van der Waals surface area contributed by atoms with Crippen molar-refractivity contribution < 1.29 is 9.66 Å². The Bertz CT molecular complexity index is 518. The number of morpholine rings is 1. The van der Waals surface area contributed by atoms with E-state index in [1.54, 1.807) is 0 Å². The Kier molecular flexibility index (Phi) is 4.73. The Morgan fingerprint density at radius 2 is 2.14 bits per heavy atom. The van der Waals surface area contributed by atoms with Crippen LogP contribution in [0.25, 0.3) is 0 Å². The molecule has 1 aliphatic heterocycles. The van der Waals surface area contributed by atoms with Gasteiger partial charge in [0.15, 0.2) is 0 Å². The van der Waals surface area contributed by atoms with Gasteiger partial charge in [0, 0.05) is 19.1 Å². The van der Waals surface area contributed by atoms with Crippen LogP contribution in [-0.4, -0.2) is 47.2 Å². The van der Waals surface area contributed by atoms with Gasteiger partial charge in [-0.2, -0.15) is 9.97 Å². The van der Waals surface area contributed by atoms with Gasteiger partial charge in [-0.25, -0.2) is 0 Å². The summed E-state index contributed by atoms with van der Waals surface area (Å²) in [5.41, 5.74) is 5.51. The van der Waals surface area contributed by atoms with E-state index >= 15 is 0 Å². The van der Waals surface area contributed by atoms with Gasteiger partial charge in [-0.3, -0.25) is 10.1 Å². The van der Waals surface area contributed by atoms with Gasteiger partial charge in [0.1, 0.15) is 0 Å². The highest BCUT2D eigenvalue weighted by Gasteiger charge is 2.28. The van der Waals surface area contributed by atoms with Crippen LogP contribution in [0.1, 0.15) is 20.3 Å². The number of nitro groups is 1. The summed E-state index contributed by atoms with van der Waals surface area (Å²) in [7, 11) is 0. The number of nitrogens with zero attached hydrogens (tertiary/aromatic N) is 4. The van der Waals surface area contributed by atoms with E-state index in [2.05, 4.69) is 15.3 Å². The van der Waals surface area contributed by atoms with E-state index < -0.39 is 4.92 Å². The summed E-state index contributed by atoms with van der Waals surface area (Å²) in [6, 6.07) is 0.156. The maximum atomic E-state index is 11.2. The van der Waals surface area contributed by atoms with E-state index in [-0.39, 0.29) is 23.4 Å². The molecule has 0 saturated carbocycles.